The molecule has 0 bridgehead atoms. The highest BCUT2D eigenvalue weighted by atomic mass is 32.1. The molecule has 0 saturated carbocycles. The molecule has 22 heavy (non-hydrogen) atoms. The molecule has 1 aromatic heterocycles. The van der Waals surface area contributed by atoms with Crippen molar-refractivity contribution in [1.29, 1.82) is 0 Å². The second kappa shape index (κ2) is 5.65. The average Bonchev–Trinajstić information content (AvgIpc) is 2.97. The van der Waals surface area contributed by atoms with Crippen LogP contribution in [-0.4, -0.2) is 16.1 Å². The van der Waals surface area contributed by atoms with E-state index in [-0.39, 0.29) is 16.9 Å². The molecule has 110 valence electrons. The molecule has 6 heteroatoms. The number of carboxylic acid groups (broad SMARTS) is 1. The molecule has 0 aliphatic rings. The van der Waals surface area contributed by atoms with Crippen LogP contribution in [0.4, 0.5) is 8.78 Å². The Morgan fingerprint density at radius 3 is 2.41 bits per heavy atom. The van der Waals surface area contributed by atoms with Crippen molar-refractivity contribution in [2.24, 2.45) is 0 Å². The van der Waals surface area contributed by atoms with Crippen LogP contribution in [0.1, 0.15) is 10.4 Å². The molecule has 0 spiro atoms. The zero-order valence-corrected chi connectivity index (χ0v) is 11.9. The number of aromatic nitrogens is 1. The van der Waals surface area contributed by atoms with Gasteiger partial charge in [0.15, 0.2) is 0 Å². The van der Waals surface area contributed by atoms with E-state index in [9.17, 15) is 18.7 Å². The number of halogens is 2. The van der Waals surface area contributed by atoms with Crippen LogP contribution in [-0.2, 0) is 0 Å². The van der Waals surface area contributed by atoms with Crippen LogP contribution in [0, 0.1) is 11.6 Å². The maximum absolute atomic E-state index is 13.4. The number of hydrogen-bond acceptors (Lipinski definition) is 3. The molecule has 1 heterocycles. The summed E-state index contributed by atoms with van der Waals surface area (Å²) in [5, 5.41) is 9.58. The summed E-state index contributed by atoms with van der Waals surface area (Å²) in [6, 6.07) is 9.34. The lowest BCUT2D eigenvalue weighted by Crippen LogP contribution is -1.99. The van der Waals surface area contributed by atoms with E-state index < -0.39 is 11.8 Å². The van der Waals surface area contributed by atoms with Crippen LogP contribution < -0.4 is 0 Å². The molecule has 0 aliphatic heterocycles. The maximum atomic E-state index is 13.4. The Labute approximate surface area is 128 Å². The molecule has 0 atom stereocenters. The van der Waals surface area contributed by atoms with Crippen LogP contribution in [0.25, 0.3) is 21.0 Å². The van der Waals surface area contributed by atoms with Gasteiger partial charge < -0.3 is 5.11 Å². The number of carbonyl (C=O) groups is 1. The van der Waals surface area contributed by atoms with Gasteiger partial charge in [0, 0.05) is 11.8 Å². The highest BCUT2D eigenvalue weighted by Gasteiger charge is 2.16. The van der Waals surface area contributed by atoms with E-state index in [4.69, 9.17) is 0 Å². The summed E-state index contributed by atoms with van der Waals surface area (Å²) in [6.07, 6.45) is 1.56. The zero-order chi connectivity index (χ0) is 15.7. The topological polar surface area (TPSA) is 50.2 Å². The van der Waals surface area contributed by atoms with Crippen molar-refractivity contribution in [3.63, 3.8) is 0 Å². The van der Waals surface area contributed by atoms with Crippen molar-refractivity contribution >= 4 is 17.3 Å². The molecule has 0 aliphatic carbocycles. The van der Waals surface area contributed by atoms with E-state index in [1.807, 2.05) is 0 Å². The molecule has 0 amide bonds. The number of carboxylic acids is 1. The second-order valence-electron chi connectivity index (χ2n) is 4.53. The summed E-state index contributed by atoms with van der Waals surface area (Å²) < 4.78 is 26.4. The monoisotopic (exact) mass is 317 g/mol. The normalized spacial score (nSPS) is 10.6. The lowest BCUT2D eigenvalue weighted by atomic mass is 10.1. The summed E-state index contributed by atoms with van der Waals surface area (Å²) in [5.74, 6) is -2.01. The highest BCUT2D eigenvalue weighted by Crippen LogP contribution is 2.34. The third kappa shape index (κ3) is 2.73. The zero-order valence-electron chi connectivity index (χ0n) is 11.1. The number of hydrogen-bond donors (Lipinski definition) is 1. The Kier molecular flexibility index (Phi) is 3.68. The number of benzene rings is 2. The fourth-order valence-electron chi connectivity index (χ4n) is 2.03. The summed E-state index contributed by atoms with van der Waals surface area (Å²) in [6.45, 7) is 0. The largest absolute Gasteiger partial charge is 0.478 e. The third-order valence-electron chi connectivity index (χ3n) is 3.08. The predicted molar refractivity (Wildman–Crippen MR) is 79.9 cm³/mol. The van der Waals surface area contributed by atoms with Crippen molar-refractivity contribution in [3.05, 3.63) is 65.9 Å². The molecule has 3 nitrogen and oxygen atoms in total. The van der Waals surface area contributed by atoms with Crippen molar-refractivity contribution in [1.82, 2.24) is 4.98 Å². The summed E-state index contributed by atoms with van der Waals surface area (Å²) in [5.41, 5.74) is 0.977. The molecule has 2 aromatic carbocycles. The second-order valence-corrected chi connectivity index (χ2v) is 5.56. The van der Waals surface area contributed by atoms with Crippen molar-refractivity contribution < 1.29 is 18.7 Å². The van der Waals surface area contributed by atoms with E-state index in [1.54, 1.807) is 18.3 Å². The Hall–Kier alpha value is -2.60. The van der Waals surface area contributed by atoms with Gasteiger partial charge in [-0.15, -0.1) is 11.3 Å². The van der Waals surface area contributed by atoms with Gasteiger partial charge in [0.05, 0.1) is 10.4 Å². The van der Waals surface area contributed by atoms with Crippen LogP contribution in [0.2, 0.25) is 0 Å². The van der Waals surface area contributed by atoms with Gasteiger partial charge >= 0.3 is 5.97 Å². The first kappa shape index (κ1) is 14.3. The van der Waals surface area contributed by atoms with E-state index in [0.29, 0.717) is 5.01 Å². The van der Waals surface area contributed by atoms with Gasteiger partial charge in [-0.05, 0) is 35.9 Å². The molecule has 3 rings (SSSR count). The molecular weight excluding hydrogens is 308 g/mol. The molecule has 0 unspecified atom stereocenters. The quantitative estimate of drug-likeness (QED) is 0.776. The minimum Gasteiger partial charge on any atom is -0.478 e. The fourth-order valence-corrected chi connectivity index (χ4v) is 2.98. The van der Waals surface area contributed by atoms with E-state index in [2.05, 4.69) is 4.98 Å². The van der Waals surface area contributed by atoms with Crippen molar-refractivity contribution in [2.75, 3.05) is 0 Å². The Morgan fingerprint density at radius 2 is 1.73 bits per heavy atom. The number of rotatable bonds is 3. The molecule has 0 radical (unpaired) electrons. The summed E-state index contributed by atoms with van der Waals surface area (Å²) in [4.78, 5) is 16.1. The lowest BCUT2D eigenvalue weighted by molar-refractivity contribution is 0.0697. The standard InChI is InChI=1S/C16H9F2NO2S/c17-10-3-1-9(2-4-10)14-8-19-15(22-14)13-7-11(18)5-6-12(13)16(20)21/h1-8H,(H,20,21). The van der Waals surface area contributed by atoms with E-state index >= 15 is 0 Å². The smallest absolute Gasteiger partial charge is 0.336 e. The van der Waals surface area contributed by atoms with Gasteiger partial charge in [0.25, 0.3) is 0 Å². The third-order valence-corrected chi connectivity index (χ3v) is 4.16. The molecule has 0 saturated heterocycles. The van der Waals surface area contributed by atoms with Crippen molar-refractivity contribution in [3.8, 4) is 21.0 Å². The molecule has 1 N–H and O–H groups in total. The summed E-state index contributed by atoms with van der Waals surface area (Å²) in [7, 11) is 0. The Morgan fingerprint density at radius 1 is 1.05 bits per heavy atom. The Balaban J connectivity index is 2.06. The van der Waals surface area contributed by atoms with E-state index in [0.717, 1.165) is 22.6 Å². The molecular formula is C16H9F2NO2S. The van der Waals surface area contributed by atoms with Gasteiger partial charge in [0.2, 0.25) is 0 Å². The number of thiazole rings is 1. The van der Waals surface area contributed by atoms with Gasteiger partial charge in [-0.3, -0.25) is 0 Å². The summed E-state index contributed by atoms with van der Waals surface area (Å²) >= 11 is 1.22. The van der Waals surface area contributed by atoms with Crippen LogP contribution in [0.5, 0.6) is 0 Å². The van der Waals surface area contributed by atoms with Gasteiger partial charge in [-0.1, -0.05) is 12.1 Å². The van der Waals surface area contributed by atoms with Gasteiger partial charge in [-0.25, -0.2) is 18.6 Å². The first-order valence-electron chi connectivity index (χ1n) is 6.29. The first-order chi connectivity index (χ1) is 10.5. The van der Waals surface area contributed by atoms with Crippen LogP contribution in [0.3, 0.4) is 0 Å². The average molecular weight is 317 g/mol. The number of aromatic carboxylic acids is 1. The van der Waals surface area contributed by atoms with Crippen molar-refractivity contribution in [2.45, 2.75) is 0 Å². The van der Waals surface area contributed by atoms with Crippen LogP contribution in [0.15, 0.2) is 48.7 Å². The minimum absolute atomic E-state index is 0.0126. The first-order valence-corrected chi connectivity index (χ1v) is 7.11. The van der Waals surface area contributed by atoms with Gasteiger partial charge in [0.1, 0.15) is 16.6 Å². The molecule has 0 fully saturated rings. The maximum Gasteiger partial charge on any atom is 0.336 e. The minimum atomic E-state index is -1.14. The fraction of sp³-hybridized carbons (Fsp3) is 0. The SMILES string of the molecule is O=C(O)c1ccc(F)cc1-c1ncc(-c2ccc(F)cc2)s1. The highest BCUT2D eigenvalue weighted by molar-refractivity contribution is 7.18. The molecule has 3 aromatic rings. The predicted octanol–water partition coefficient (Wildman–Crippen LogP) is 4.45. The Bertz CT molecular complexity index is 844. The van der Waals surface area contributed by atoms with E-state index in [1.165, 1.54) is 29.5 Å². The van der Waals surface area contributed by atoms with Crippen LogP contribution >= 0.6 is 11.3 Å². The lowest BCUT2D eigenvalue weighted by Gasteiger charge is -2.02. The number of nitrogens with zero attached hydrogens (tertiary/aromatic N) is 1. The van der Waals surface area contributed by atoms with Gasteiger partial charge in [-0.2, -0.15) is 0 Å².